The number of halogens is 1. The Morgan fingerprint density at radius 3 is 2.80 bits per heavy atom. The van der Waals surface area contributed by atoms with Crippen molar-refractivity contribution in [2.45, 2.75) is 31.7 Å². The van der Waals surface area contributed by atoms with Crippen LogP contribution in [-0.2, 0) is 11.2 Å². The third-order valence-electron chi connectivity index (χ3n) is 4.74. The lowest BCUT2D eigenvalue weighted by Crippen LogP contribution is -2.32. The van der Waals surface area contributed by atoms with E-state index in [1.54, 1.807) is 0 Å². The van der Waals surface area contributed by atoms with Crippen molar-refractivity contribution in [1.82, 2.24) is 4.90 Å². The topological polar surface area (TPSA) is 46.3 Å². The van der Waals surface area contributed by atoms with Crippen LogP contribution in [0.15, 0.2) is 24.3 Å². The number of carbonyl (C=O) groups is 1. The minimum absolute atomic E-state index is 0.195. The third kappa shape index (κ3) is 2.84. The number of rotatable bonds is 2. The molecule has 0 bridgehead atoms. The largest absolute Gasteiger partial charge is 0.342 e. The molecular formula is C16H21ClN2O. The van der Waals surface area contributed by atoms with E-state index in [0.717, 1.165) is 31.5 Å². The maximum absolute atomic E-state index is 12.4. The molecule has 1 saturated carbocycles. The van der Waals surface area contributed by atoms with Gasteiger partial charge in [-0.2, -0.15) is 0 Å². The van der Waals surface area contributed by atoms with Gasteiger partial charge in [-0.1, -0.05) is 29.8 Å². The van der Waals surface area contributed by atoms with Gasteiger partial charge in [0.2, 0.25) is 5.91 Å². The van der Waals surface area contributed by atoms with Crippen LogP contribution in [0.4, 0.5) is 0 Å². The molecule has 1 amide bonds. The first-order valence-electron chi connectivity index (χ1n) is 7.40. The van der Waals surface area contributed by atoms with Gasteiger partial charge in [-0.25, -0.2) is 0 Å². The van der Waals surface area contributed by atoms with Crippen LogP contribution in [0.2, 0.25) is 5.02 Å². The summed E-state index contributed by atoms with van der Waals surface area (Å²) in [6, 6.07) is 7.92. The summed E-state index contributed by atoms with van der Waals surface area (Å²) in [5.74, 6) is 1.46. The summed E-state index contributed by atoms with van der Waals surface area (Å²) < 4.78 is 0. The Hall–Kier alpha value is -1.06. The van der Waals surface area contributed by atoms with Gasteiger partial charge in [-0.15, -0.1) is 0 Å². The van der Waals surface area contributed by atoms with E-state index < -0.39 is 0 Å². The van der Waals surface area contributed by atoms with E-state index in [1.807, 2.05) is 29.2 Å². The standard InChI is InChI=1S/C16H21ClN2O/c17-15-4-2-1-3-11(15)8-16(20)19-9-12-5-6-14(18)7-13(12)10-19/h1-4,12-14H,5-10,18H2/t12-,13+,14?/m1/s1. The van der Waals surface area contributed by atoms with Crippen molar-refractivity contribution in [2.75, 3.05) is 13.1 Å². The zero-order valence-electron chi connectivity index (χ0n) is 11.6. The van der Waals surface area contributed by atoms with Crippen molar-refractivity contribution in [1.29, 1.82) is 0 Å². The van der Waals surface area contributed by atoms with E-state index in [1.165, 1.54) is 6.42 Å². The summed E-state index contributed by atoms with van der Waals surface area (Å²) in [6.07, 6.45) is 3.75. The number of fused-ring (bicyclic) bond motifs is 1. The number of carbonyl (C=O) groups excluding carboxylic acids is 1. The first-order valence-corrected chi connectivity index (χ1v) is 7.78. The number of hydrogen-bond donors (Lipinski definition) is 1. The SMILES string of the molecule is NC1CC[C@@H]2CN(C(=O)Cc3ccccc3Cl)C[C@@H]2C1. The van der Waals surface area contributed by atoms with Crippen molar-refractivity contribution < 1.29 is 4.79 Å². The average Bonchev–Trinajstić information content (AvgIpc) is 2.84. The fraction of sp³-hybridized carbons (Fsp3) is 0.562. The van der Waals surface area contributed by atoms with E-state index >= 15 is 0 Å². The highest BCUT2D eigenvalue weighted by Gasteiger charge is 2.38. The number of likely N-dealkylation sites (tertiary alicyclic amines) is 1. The van der Waals surface area contributed by atoms with Gasteiger partial charge in [0, 0.05) is 24.2 Å². The van der Waals surface area contributed by atoms with Crippen LogP contribution >= 0.6 is 11.6 Å². The Kier molecular flexibility index (Phi) is 3.99. The molecule has 2 N–H and O–H groups in total. The predicted molar refractivity (Wildman–Crippen MR) is 80.5 cm³/mol. The summed E-state index contributed by atoms with van der Waals surface area (Å²) in [5, 5.41) is 0.680. The monoisotopic (exact) mass is 292 g/mol. The predicted octanol–water partition coefficient (Wildman–Crippen LogP) is 2.47. The molecular weight excluding hydrogens is 272 g/mol. The molecule has 1 unspecified atom stereocenters. The number of nitrogens with zero attached hydrogens (tertiary/aromatic N) is 1. The van der Waals surface area contributed by atoms with Crippen molar-refractivity contribution in [3.63, 3.8) is 0 Å². The second-order valence-electron chi connectivity index (χ2n) is 6.16. The lowest BCUT2D eigenvalue weighted by molar-refractivity contribution is -0.129. The maximum atomic E-state index is 12.4. The van der Waals surface area contributed by atoms with Crippen LogP contribution < -0.4 is 5.73 Å². The Morgan fingerprint density at radius 1 is 1.25 bits per heavy atom. The van der Waals surface area contributed by atoms with Gasteiger partial charge >= 0.3 is 0 Å². The second-order valence-corrected chi connectivity index (χ2v) is 6.57. The molecule has 0 spiro atoms. The van der Waals surface area contributed by atoms with E-state index in [0.29, 0.717) is 29.3 Å². The zero-order valence-corrected chi connectivity index (χ0v) is 12.4. The highest BCUT2D eigenvalue weighted by molar-refractivity contribution is 6.31. The molecule has 2 fully saturated rings. The molecule has 1 heterocycles. The highest BCUT2D eigenvalue weighted by atomic mass is 35.5. The molecule has 3 nitrogen and oxygen atoms in total. The molecule has 3 atom stereocenters. The van der Waals surface area contributed by atoms with Crippen molar-refractivity contribution in [3.05, 3.63) is 34.9 Å². The van der Waals surface area contributed by atoms with Crippen LogP contribution in [0.3, 0.4) is 0 Å². The van der Waals surface area contributed by atoms with Crippen LogP contribution in [0, 0.1) is 11.8 Å². The molecule has 108 valence electrons. The third-order valence-corrected chi connectivity index (χ3v) is 5.11. The van der Waals surface area contributed by atoms with Crippen molar-refractivity contribution in [2.24, 2.45) is 17.6 Å². The summed E-state index contributed by atoms with van der Waals surface area (Å²) in [5.41, 5.74) is 6.96. The summed E-state index contributed by atoms with van der Waals surface area (Å²) >= 11 is 6.13. The minimum atomic E-state index is 0.195. The summed E-state index contributed by atoms with van der Waals surface area (Å²) in [4.78, 5) is 14.4. The Balaban J connectivity index is 1.63. The molecule has 3 rings (SSSR count). The summed E-state index contributed by atoms with van der Waals surface area (Å²) in [6.45, 7) is 1.78. The van der Waals surface area contributed by atoms with E-state index in [2.05, 4.69) is 0 Å². The Morgan fingerprint density at radius 2 is 2.00 bits per heavy atom. The molecule has 0 aromatic heterocycles. The quantitative estimate of drug-likeness (QED) is 0.910. The number of hydrogen-bond acceptors (Lipinski definition) is 2. The minimum Gasteiger partial charge on any atom is -0.342 e. The molecule has 4 heteroatoms. The van der Waals surface area contributed by atoms with Crippen LogP contribution in [0.5, 0.6) is 0 Å². The molecule has 1 aromatic carbocycles. The van der Waals surface area contributed by atoms with Crippen LogP contribution in [0.1, 0.15) is 24.8 Å². The molecule has 1 aliphatic heterocycles. The van der Waals surface area contributed by atoms with Crippen LogP contribution in [0.25, 0.3) is 0 Å². The van der Waals surface area contributed by atoms with Gasteiger partial charge in [0.15, 0.2) is 0 Å². The lowest BCUT2D eigenvalue weighted by atomic mass is 9.79. The van der Waals surface area contributed by atoms with Gasteiger partial charge in [-0.3, -0.25) is 4.79 Å². The first-order chi connectivity index (χ1) is 9.63. The number of nitrogens with two attached hydrogens (primary N) is 1. The number of amides is 1. The highest BCUT2D eigenvalue weighted by Crippen LogP contribution is 2.36. The van der Waals surface area contributed by atoms with Gasteiger partial charge in [0.05, 0.1) is 6.42 Å². The average molecular weight is 293 g/mol. The van der Waals surface area contributed by atoms with Crippen molar-refractivity contribution in [3.8, 4) is 0 Å². The molecule has 2 aliphatic rings. The lowest BCUT2D eigenvalue weighted by Gasteiger charge is -2.27. The normalized spacial score (nSPS) is 29.3. The molecule has 20 heavy (non-hydrogen) atoms. The maximum Gasteiger partial charge on any atom is 0.227 e. The molecule has 1 aliphatic carbocycles. The van der Waals surface area contributed by atoms with Gasteiger partial charge < -0.3 is 10.6 Å². The second kappa shape index (κ2) is 5.74. The smallest absolute Gasteiger partial charge is 0.227 e. The zero-order chi connectivity index (χ0) is 14.1. The van der Waals surface area contributed by atoms with E-state index in [-0.39, 0.29) is 5.91 Å². The molecule has 0 radical (unpaired) electrons. The number of benzene rings is 1. The Labute approximate surface area is 125 Å². The summed E-state index contributed by atoms with van der Waals surface area (Å²) in [7, 11) is 0. The van der Waals surface area contributed by atoms with E-state index in [4.69, 9.17) is 17.3 Å². The fourth-order valence-electron chi connectivity index (χ4n) is 3.59. The van der Waals surface area contributed by atoms with Gasteiger partial charge in [0.1, 0.15) is 0 Å². The Bertz CT molecular complexity index is 505. The van der Waals surface area contributed by atoms with Crippen LogP contribution in [-0.4, -0.2) is 29.9 Å². The van der Waals surface area contributed by atoms with E-state index in [9.17, 15) is 4.79 Å². The molecule has 1 aromatic rings. The van der Waals surface area contributed by atoms with Crippen molar-refractivity contribution >= 4 is 17.5 Å². The van der Waals surface area contributed by atoms with Gasteiger partial charge in [-0.05, 0) is 42.7 Å². The molecule has 1 saturated heterocycles. The fourth-order valence-corrected chi connectivity index (χ4v) is 3.79. The van der Waals surface area contributed by atoms with Gasteiger partial charge in [0.25, 0.3) is 0 Å². The first kappa shape index (κ1) is 13.9.